The monoisotopic (exact) mass is 448 g/mol. The fourth-order valence-corrected chi connectivity index (χ4v) is 3.43. The van der Waals surface area contributed by atoms with E-state index in [1.165, 1.54) is 32.4 Å². The maximum Gasteiger partial charge on any atom is 0.330 e. The summed E-state index contributed by atoms with van der Waals surface area (Å²) in [7, 11) is 2.94. The Morgan fingerprint density at radius 1 is 0.909 bits per heavy atom. The molecular formula is C26H24O7. The molecule has 0 atom stereocenters. The van der Waals surface area contributed by atoms with E-state index in [1.807, 2.05) is 0 Å². The molecule has 0 radical (unpaired) electrons. The number of aromatic hydroxyl groups is 2. The van der Waals surface area contributed by atoms with Crippen molar-refractivity contribution >= 4 is 11.8 Å². The van der Waals surface area contributed by atoms with Crippen molar-refractivity contribution in [1.29, 1.82) is 0 Å². The Balaban J connectivity index is 2.03. The minimum Gasteiger partial charge on any atom is -0.507 e. The van der Waals surface area contributed by atoms with Gasteiger partial charge in [0, 0.05) is 35.8 Å². The van der Waals surface area contributed by atoms with Gasteiger partial charge in [-0.25, -0.2) is 4.79 Å². The third-order valence-corrected chi connectivity index (χ3v) is 5.09. The lowest BCUT2D eigenvalue weighted by molar-refractivity contribution is -0.137. The second-order valence-corrected chi connectivity index (χ2v) is 7.06. The molecule has 3 aromatic rings. The number of hydrogen-bond donors (Lipinski definition) is 2. The Morgan fingerprint density at radius 3 is 2.33 bits per heavy atom. The first-order chi connectivity index (χ1) is 15.9. The molecule has 0 bridgehead atoms. The van der Waals surface area contributed by atoms with Gasteiger partial charge in [0.1, 0.15) is 23.0 Å². The smallest absolute Gasteiger partial charge is 0.330 e. The van der Waals surface area contributed by atoms with Crippen molar-refractivity contribution in [2.24, 2.45) is 0 Å². The second kappa shape index (κ2) is 10.4. The molecule has 0 aliphatic rings. The van der Waals surface area contributed by atoms with E-state index in [-0.39, 0.29) is 23.7 Å². The van der Waals surface area contributed by atoms with Gasteiger partial charge < -0.3 is 24.4 Å². The number of methoxy groups -OCH3 is 2. The van der Waals surface area contributed by atoms with Crippen molar-refractivity contribution in [1.82, 2.24) is 0 Å². The van der Waals surface area contributed by atoms with E-state index in [1.54, 1.807) is 36.4 Å². The molecule has 0 aromatic heterocycles. The van der Waals surface area contributed by atoms with E-state index in [9.17, 15) is 19.8 Å². The van der Waals surface area contributed by atoms with Crippen molar-refractivity contribution in [2.75, 3.05) is 20.8 Å². The molecule has 0 unspecified atom stereocenters. The molecule has 0 saturated heterocycles. The van der Waals surface area contributed by atoms with Crippen LogP contribution in [0.15, 0.2) is 67.3 Å². The van der Waals surface area contributed by atoms with Crippen molar-refractivity contribution in [3.05, 3.63) is 83.9 Å². The number of esters is 1. The molecule has 0 aliphatic heterocycles. The molecule has 33 heavy (non-hydrogen) atoms. The predicted molar refractivity (Wildman–Crippen MR) is 123 cm³/mol. The number of hydrogen-bond acceptors (Lipinski definition) is 7. The van der Waals surface area contributed by atoms with Crippen LogP contribution in [0.25, 0.3) is 11.1 Å². The van der Waals surface area contributed by atoms with Crippen LogP contribution in [-0.4, -0.2) is 42.8 Å². The van der Waals surface area contributed by atoms with Crippen molar-refractivity contribution in [2.45, 2.75) is 6.42 Å². The molecule has 3 rings (SSSR count). The van der Waals surface area contributed by atoms with Crippen LogP contribution in [0.3, 0.4) is 0 Å². The van der Waals surface area contributed by atoms with Crippen LogP contribution < -0.4 is 9.47 Å². The topological polar surface area (TPSA) is 102 Å². The largest absolute Gasteiger partial charge is 0.507 e. The van der Waals surface area contributed by atoms with Crippen LogP contribution in [0, 0.1) is 0 Å². The number of carbonyl (C=O) groups excluding carboxylic acids is 2. The Hall–Kier alpha value is -4.26. The average Bonchev–Trinajstić information content (AvgIpc) is 2.83. The minimum atomic E-state index is -0.539. The van der Waals surface area contributed by atoms with Crippen LogP contribution in [0.1, 0.15) is 21.5 Å². The van der Waals surface area contributed by atoms with Gasteiger partial charge in [-0.3, -0.25) is 4.79 Å². The van der Waals surface area contributed by atoms with Crippen LogP contribution in [0.4, 0.5) is 0 Å². The highest BCUT2D eigenvalue weighted by molar-refractivity contribution is 6.14. The normalized spacial score (nSPS) is 10.4. The molecular weight excluding hydrogens is 424 g/mol. The van der Waals surface area contributed by atoms with E-state index in [0.717, 1.165) is 6.08 Å². The molecule has 170 valence electrons. The lowest BCUT2D eigenvalue weighted by atomic mass is 9.91. The zero-order chi connectivity index (χ0) is 24.0. The Morgan fingerprint density at radius 2 is 1.67 bits per heavy atom. The molecule has 0 amide bonds. The molecule has 3 aromatic carbocycles. The lowest BCUT2D eigenvalue weighted by Gasteiger charge is -2.15. The van der Waals surface area contributed by atoms with Crippen molar-refractivity contribution < 1.29 is 34.0 Å². The third-order valence-electron chi connectivity index (χ3n) is 5.09. The number of phenolic OH excluding ortho intramolecular Hbond substituents is 2. The van der Waals surface area contributed by atoms with E-state index in [0.29, 0.717) is 40.2 Å². The Labute approximate surface area is 191 Å². The van der Waals surface area contributed by atoms with E-state index in [4.69, 9.17) is 14.2 Å². The fraction of sp³-hybridized carbons (Fsp3) is 0.154. The van der Waals surface area contributed by atoms with Gasteiger partial charge in [-0.1, -0.05) is 30.8 Å². The summed E-state index contributed by atoms with van der Waals surface area (Å²) in [5.41, 5.74) is 1.95. The van der Waals surface area contributed by atoms with Gasteiger partial charge in [0.2, 0.25) is 0 Å². The molecule has 0 spiro atoms. The van der Waals surface area contributed by atoms with Gasteiger partial charge in [-0.05, 0) is 29.3 Å². The summed E-state index contributed by atoms with van der Waals surface area (Å²) in [6.45, 7) is 3.45. The zero-order valence-corrected chi connectivity index (χ0v) is 18.3. The quantitative estimate of drug-likeness (QED) is 0.286. The van der Waals surface area contributed by atoms with Gasteiger partial charge in [-0.15, -0.1) is 0 Å². The summed E-state index contributed by atoms with van der Waals surface area (Å²) < 4.78 is 15.5. The first kappa shape index (κ1) is 23.4. The molecule has 0 heterocycles. The van der Waals surface area contributed by atoms with E-state index >= 15 is 0 Å². The fourth-order valence-electron chi connectivity index (χ4n) is 3.43. The maximum absolute atomic E-state index is 13.3. The van der Waals surface area contributed by atoms with Crippen LogP contribution in [-0.2, 0) is 16.0 Å². The standard InChI is InChI=1S/C26H24O7/c1-4-25(29)33-12-11-16-13-21(23(28)15-24(16)32-3)18-7-5-6-8-19(18)26(30)20-10-9-17(31-2)14-22(20)27/h4-10,13-15,27-28H,1,11-12H2,2-3H3. The molecule has 2 N–H and O–H groups in total. The second-order valence-electron chi connectivity index (χ2n) is 7.06. The number of ether oxygens (including phenoxy) is 3. The number of rotatable bonds is 9. The van der Waals surface area contributed by atoms with Crippen molar-refractivity contribution in [3.63, 3.8) is 0 Å². The van der Waals surface area contributed by atoms with Gasteiger partial charge >= 0.3 is 5.97 Å². The van der Waals surface area contributed by atoms with Crippen LogP contribution in [0.5, 0.6) is 23.0 Å². The Bertz CT molecular complexity index is 1200. The van der Waals surface area contributed by atoms with Crippen molar-refractivity contribution in [3.8, 4) is 34.1 Å². The van der Waals surface area contributed by atoms with Crippen LogP contribution >= 0.6 is 0 Å². The number of phenols is 2. The third kappa shape index (κ3) is 5.15. The first-order valence-electron chi connectivity index (χ1n) is 10.1. The first-order valence-corrected chi connectivity index (χ1v) is 10.1. The van der Waals surface area contributed by atoms with Gasteiger partial charge in [-0.2, -0.15) is 0 Å². The molecule has 0 saturated carbocycles. The highest BCUT2D eigenvalue weighted by Gasteiger charge is 2.21. The SMILES string of the molecule is C=CC(=O)OCCc1cc(-c2ccccc2C(=O)c2ccc(OC)cc2O)c(O)cc1OC. The predicted octanol–water partition coefficient (Wildman–Crippen LogP) is 4.28. The molecule has 0 aliphatic carbocycles. The molecule has 7 heteroatoms. The molecule has 7 nitrogen and oxygen atoms in total. The summed E-state index contributed by atoms with van der Waals surface area (Å²) in [4.78, 5) is 24.6. The summed E-state index contributed by atoms with van der Waals surface area (Å²) >= 11 is 0. The average molecular weight is 448 g/mol. The van der Waals surface area contributed by atoms with Gasteiger partial charge in [0.25, 0.3) is 0 Å². The van der Waals surface area contributed by atoms with Gasteiger partial charge in [0.15, 0.2) is 5.78 Å². The lowest BCUT2D eigenvalue weighted by Crippen LogP contribution is -2.06. The Kier molecular flexibility index (Phi) is 7.35. The number of carbonyl (C=O) groups is 2. The van der Waals surface area contributed by atoms with Gasteiger partial charge in [0.05, 0.1) is 26.4 Å². The highest BCUT2D eigenvalue weighted by atomic mass is 16.5. The summed E-state index contributed by atoms with van der Waals surface area (Å²) in [6.07, 6.45) is 1.40. The number of ketones is 1. The molecule has 0 fully saturated rings. The maximum atomic E-state index is 13.3. The highest BCUT2D eigenvalue weighted by Crippen LogP contribution is 2.38. The van der Waals surface area contributed by atoms with Crippen LogP contribution in [0.2, 0.25) is 0 Å². The van der Waals surface area contributed by atoms with E-state index < -0.39 is 11.8 Å². The summed E-state index contributed by atoms with van der Waals surface area (Å²) in [6, 6.07) is 14.4. The summed E-state index contributed by atoms with van der Waals surface area (Å²) in [5.74, 6) is -0.407. The summed E-state index contributed by atoms with van der Waals surface area (Å²) in [5, 5.41) is 21.0. The number of benzene rings is 3. The van der Waals surface area contributed by atoms with E-state index in [2.05, 4.69) is 6.58 Å². The zero-order valence-electron chi connectivity index (χ0n) is 18.3. The minimum absolute atomic E-state index is 0.0853.